The minimum atomic E-state index is -4.41. The number of methoxy groups -OCH3 is 1. The summed E-state index contributed by atoms with van der Waals surface area (Å²) in [4.78, 5) is 4.82. The number of rotatable bonds is 5. The van der Waals surface area contributed by atoms with Crippen molar-refractivity contribution in [3.63, 3.8) is 0 Å². The summed E-state index contributed by atoms with van der Waals surface area (Å²) in [6.45, 7) is 0. The van der Waals surface area contributed by atoms with Crippen LogP contribution in [0.2, 0.25) is 0 Å². The molecule has 0 unspecified atom stereocenters. The summed E-state index contributed by atoms with van der Waals surface area (Å²) in [6, 6.07) is 7.73. The number of ether oxygens (including phenoxy) is 1. The molecule has 2 heterocycles. The van der Waals surface area contributed by atoms with Crippen molar-refractivity contribution in [1.82, 2.24) is 13.7 Å². The second kappa shape index (κ2) is 6.97. The molecule has 8 heteroatoms. The third-order valence-corrected chi connectivity index (χ3v) is 4.67. The third-order valence-electron chi connectivity index (χ3n) is 3.72. The van der Waals surface area contributed by atoms with E-state index in [1.807, 2.05) is 0 Å². The van der Waals surface area contributed by atoms with E-state index >= 15 is 0 Å². The van der Waals surface area contributed by atoms with Crippen LogP contribution in [0.1, 0.15) is 11.6 Å². The van der Waals surface area contributed by atoms with E-state index in [0.717, 1.165) is 17.6 Å². The molecular weight excluding hydrogens is 351 g/mol. The van der Waals surface area contributed by atoms with Gasteiger partial charge >= 0.3 is 6.18 Å². The van der Waals surface area contributed by atoms with Crippen molar-refractivity contribution < 1.29 is 17.9 Å². The number of imidazole rings is 1. The fraction of sp³-hybridized carbons (Fsp3) is 0.235. The number of fused-ring (bicyclic) bond motifs is 1. The van der Waals surface area contributed by atoms with Gasteiger partial charge in [-0.15, -0.1) is 0 Å². The summed E-state index contributed by atoms with van der Waals surface area (Å²) >= 11 is 1.04. The fourth-order valence-electron chi connectivity index (χ4n) is 2.56. The summed E-state index contributed by atoms with van der Waals surface area (Å²) in [5.41, 5.74) is 0.904. The van der Waals surface area contributed by atoms with Gasteiger partial charge < -0.3 is 9.14 Å². The summed E-state index contributed by atoms with van der Waals surface area (Å²) in [5.74, 6) is 0.519. The average Bonchev–Trinajstić information content (AvgIpc) is 3.02. The zero-order chi connectivity index (χ0) is 18.0. The molecule has 0 fully saturated rings. The first-order valence-corrected chi connectivity index (χ1v) is 8.20. The molecule has 2 aromatic heterocycles. The van der Waals surface area contributed by atoms with Crippen LogP contribution in [0.25, 0.3) is 5.65 Å². The van der Waals surface area contributed by atoms with Crippen LogP contribution in [-0.4, -0.2) is 34.0 Å². The normalized spacial score (nSPS) is 13.4. The summed E-state index contributed by atoms with van der Waals surface area (Å²) in [7, 11) is 2.91. The lowest BCUT2D eigenvalue weighted by Gasteiger charge is -2.29. The third kappa shape index (κ3) is 3.91. The first-order valence-electron chi connectivity index (χ1n) is 7.42. The van der Waals surface area contributed by atoms with Crippen molar-refractivity contribution in [3.05, 3.63) is 60.6 Å². The van der Waals surface area contributed by atoms with Crippen molar-refractivity contribution in [1.29, 1.82) is 0 Å². The zero-order valence-electron chi connectivity index (χ0n) is 13.6. The summed E-state index contributed by atoms with van der Waals surface area (Å²) in [6.07, 6.45) is 0.744. The molecule has 1 aromatic carbocycles. The van der Waals surface area contributed by atoms with E-state index < -0.39 is 12.2 Å². The van der Waals surface area contributed by atoms with Crippen LogP contribution in [0.3, 0.4) is 0 Å². The molecule has 3 rings (SSSR count). The maximum Gasteiger partial charge on any atom is 0.408 e. The lowest BCUT2D eigenvalue weighted by Crippen LogP contribution is -2.31. The van der Waals surface area contributed by atoms with Crippen molar-refractivity contribution in [2.24, 2.45) is 0 Å². The van der Waals surface area contributed by atoms with E-state index in [9.17, 15) is 13.2 Å². The van der Waals surface area contributed by atoms with Gasteiger partial charge in [-0.3, -0.25) is 0 Å². The van der Waals surface area contributed by atoms with E-state index in [4.69, 9.17) is 4.74 Å². The van der Waals surface area contributed by atoms with Crippen molar-refractivity contribution >= 4 is 17.6 Å². The van der Waals surface area contributed by atoms with Gasteiger partial charge in [-0.05, 0) is 48.8 Å². The van der Waals surface area contributed by atoms with Gasteiger partial charge in [-0.1, -0.05) is 12.1 Å². The van der Waals surface area contributed by atoms with E-state index in [1.165, 1.54) is 42.7 Å². The Labute approximate surface area is 147 Å². The first kappa shape index (κ1) is 17.6. The highest BCUT2D eigenvalue weighted by Gasteiger charge is 2.44. The molecule has 0 aliphatic carbocycles. The molecule has 0 radical (unpaired) electrons. The van der Waals surface area contributed by atoms with Crippen LogP contribution in [0.5, 0.6) is 5.75 Å². The molecule has 0 bridgehead atoms. The predicted molar refractivity (Wildman–Crippen MR) is 90.6 cm³/mol. The molecule has 0 aliphatic rings. The molecule has 0 N–H and O–H groups in total. The van der Waals surface area contributed by atoms with Crippen LogP contribution in [0, 0.1) is 0 Å². The highest BCUT2D eigenvalue weighted by molar-refractivity contribution is 7.97. The molecule has 4 nitrogen and oxygen atoms in total. The molecule has 0 spiro atoms. The Morgan fingerprint density at radius 1 is 1.16 bits per heavy atom. The number of hydrogen-bond acceptors (Lipinski definition) is 4. The Kier molecular flexibility index (Phi) is 4.91. The van der Waals surface area contributed by atoms with Crippen LogP contribution in [-0.2, 0) is 0 Å². The van der Waals surface area contributed by atoms with Crippen LogP contribution < -0.4 is 4.74 Å². The average molecular weight is 367 g/mol. The van der Waals surface area contributed by atoms with E-state index in [1.54, 1.807) is 35.1 Å². The van der Waals surface area contributed by atoms with Gasteiger partial charge in [0.2, 0.25) is 0 Å². The van der Waals surface area contributed by atoms with Crippen molar-refractivity contribution in [2.75, 3.05) is 14.2 Å². The minimum absolute atomic E-state index is 0.159. The summed E-state index contributed by atoms with van der Waals surface area (Å²) < 4.78 is 48.9. The largest absolute Gasteiger partial charge is 0.497 e. The smallest absolute Gasteiger partial charge is 0.408 e. The predicted octanol–water partition coefficient (Wildman–Crippen LogP) is 4.59. The van der Waals surface area contributed by atoms with Crippen molar-refractivity contribution in [2.45, 2.75) is 17.1 Å². The molecule has 3 aromatic rings. The molecule has 25 heavy (non-hydrogen) atoms. The number of aromatic nitrogens is 2. The molecule has 1 atom stereocenters. The number of alkyl halides is 3. The maximum atomic E-state index is 13.6. The number of nitrogens with zero attached hydrogens (tertiary/aromatic N) is 3. The van der Waals surface area contributed by atoms with E-state index in [-0.39, 0.29) is 5.56 Å². The molecule has 132 valence electrons. The lowest BCUT2D eigenvalue weighted by molar-refractivity contribution is -0.169. The molecule has 0 saturated heterocycles. The fourth-order valence-corrected chi connectivity index (χ4v) is 3.53. The number of benzene rings is 1. The molecule has 0 amide bonds. The zero-order valence-corrected chi connectivity index (χ0v) is 14.4. The Balaban J connectivity index is 1.86. The Morgan fingerprint density at radius 3 is 2.52 bits per heavy atom. The van der Waals surface area contributed by atoms with Crippen LogP contribution in [0.15, 0.2) is 59.9 Å². The Bertz CT molecular complexity index is 848. The van der Waals surface area contributed by atoms with Crippen molar-refractivity contribution in [3.8, 4) is 5.75 Å². The van der Waals surface area contributed by atoms with Gasteiger partial charge in [0.25, 0.3) is 0 Å². The summed E-state index contributed by atoms with van der Waals surface area (Å²) in [5, 5.41) is 0. The van der Waals surface area contributed by atoms with Crippen LogP contribution in [0.4, 0.5) is 13.2 Å². The monoisotopic (exact) mass is 367 g/mol. The molecule has 0 saturated carbocycles. The molecule has 0 aliphatic heterocycles. The van der Waals surface area contributed by atoms with Gasteiger partial charge in [-0.2, -0.15) is 13.2 Å². The number of halogens is 3. The second-order valence-electron chi connectivity index (χ2n) is 5.41. The first-order chi connectivity index (χ1) is 11.9. The standard InChI is InChI=1S/C17H16F3N3OS/c1-22(25-14-7-8-15-21-9-10-23(15)11-14)16(17(18,19)20)12-3-5-13(24-2)6-4-12/h3-11,16H,1-2H3/t16-/m1/s1. The quantitative estimate of drug-likeness (QED) is 0.617. The Hall–Kier alpha value is -2.19. The topological polar surface area (TPSA) is 29.8 Å². The lowest BCUT2D eigenvalue weighted by atomic mass is 10.1. The highest BCUT2D eigenvalue weighted by Crippen LogP contribution is 2.42. The Morgan fingerprint density at radius 2 is 1.88 bits per heavy atom. The molecular formula is C17H16F3N3OS. The maximum absolute atomic E-state index is 13.6. The number of pyridine rings is 1. The second-order valence-corrected chi connectivity index (χ2v) is 6.64. The van der Waals surface area contributed by atoms with Gasteiger partial charge in [0.1, 0.15) is 17.4 Å². The minimum Gasteiger partial charge on any atom is -0.497 e. The number of hydrogen-bond donors (Lipinski definition) is 0. The van der Waals surface area contributed by atoms with Gasteiger partial charge in [-0.25, -0.2) is 9.29 Å². The van der Waals surface area contributed by atoms with E-state index in [2.05, 4.69) is 4.98 Å². The van der Waals surface area contributed by atoms with Gasteiger partial charge in [0.15, 0.2) is 0 Å². The van der Waals surface area contributed by atoms with E-state index in [0.29, 0.717) is 10.6 Å². The van der Waals surface area contributed by atoms with Crippen LogP contribution >= 0.6 is 11.9 Å². The van der Waals surface area contributed by atoms with Gasteiger partial charge in [0, 0.05) is 23.5 Å². The van der Waals surface area contributed by atoms with Gasteiger partial charge in [0.05, 0.1) is 7.11 Å². The highest BCUT2D eigenvalue weighted by atomic mass is 32.2. The SMILES string of the molecule is COc1ccc([C@@H](N(C)Sc2ccc3nccn3c2)C(F)(F)F)cc1.